The number of hydrogen-bond donors (Lipinski definition) is 1. The Morgan fingerprint density at radius 2 is 1.59 bits per heavy atom. The molecule has 6 rings (SSSR count). The molecule has 3 aromatic carbocycles. The zero-order valence-corrected chi connectivity index (χ0v) is 19.2. The van der Waals surface area contributed by atoms with Crippen molar-refractivity contribution in [3.05, 3.63) is 83.4 Å². The first kappa shape index (κ1) is 20.7. The third-order valence-corrected chi connectivity index (χ3v) is 7.29. The van der Waals surface area contributed by atoms with Crippen LogP contribution in [0, 0.1) is 0 Å². The molecule has 0 amide bonds. The maximum Gasteiger partial charge on any atom is 0.282 e. The van der Waals surface area contributed by atoms with Crippen molar-refractivity contribution in [3.63, 3.8) is 0 Å². The van der Waals surface area contributed by atoms with E-state index in [2.05, 4.69) is 24.3 Å². The van der Waals surface area contributed by atoms with E-state index in [0.717, 1.165) is 22.4 Å². The van der Waals surface area contributed by atoms with Gasteiger partial charge in [-0.05, 0) is 23.3 Å². The fourth-order valence-electron chi connectivity index (χ4n) is 6.00. The molecule has 0 aromatic heterocycles. The number of benzene rings is 3. The third kappa shape index (κ3) is 2.73. The van der Waals surface area contributed by atoms with E-state index in [0.29, 0.717) is 17.2 Å². The average Bonchev–Trinajstić information content (AvgIpc) is 3.48. The molecular formula is C27H26N2O5. The zero-order chi connectivity index (χ0) is 23.4. The molecule has 7 heteroatoms. The van der Waals surface area contributed by atoms with Gasteiger partial charge in [0.15, 0.2) is 5.60 Å². The number of amidine groups is 1. The second-order valence-electron chi connectivity index (χ2n) is 8.77. The summed E-state index contributed by atoms with van der Waals surface area (Å²) in [6, 6.07) is 22.1. The van der Waals surface area contributed by atoms with E-state index in [-0.39, 0.29) is 30.0 Å². The lowest BCUT2D eigenvalue weighted by atomic mass is 9.73. The van der Waals surface area contributed by atoms with Gasteiger partial charge in [-0.25, -0.2) is 4.99 Å². The monoisotopic (exact) mass is 458 g/mol. The highest BCUT2D eigenvalue weighted by molar-refractivity contribution is 5.75. The van der Waals surface area contributed by atoms with Crippen LogP contribution in [0.15, 0.2) is 71.7 Å². The fourth-order valence-corrected chi connectivity index (χ4v) is 6.00. The minimum Gasteiger partial charge on any atom is -0.497 e. The maximum atomic E-state index is 7.01. The number of ether oxygens (including phenoxy) is 5. The molecule has 2 heterocycles. The molecule has 174 valence electrons. The summed E-state index contributed by atoms with van der Waals surface area (Å²) in [5.74, 6) is 2.48. The van der Waals surface area contributed by atoms with Gasteiger partial charge >= 0.3 is 0 Å². The number of nitrogens with two attached hydrogens (primary N) is 1. The SMILES string of the molecule is COc1ccc([C@]23Oc4cc(OC)cc(OC)c4[C@H]2[C@H]2OC(N)=N[C@@H]2[C@H]3c2ccccc2)cc1. The van der Waals surface area contributed by atoms with E-state index >= 15 is 0 Å². The van der Waals surface area contributed by atoms with E-state index in [4.69, 9.17) is 34.4 Å². The van der Waals surface area contributed by atoms with Crippen LogP contribution in [0.25, 0.3) is 0 Å². The Hall–Kier alpha value is -3.87. The smallest absolute Gasteiger partial charge is 0.282 e. The van der Waals surface area contributed by atoms with Crippen LogP contribution < -0.4 is 24.7 Å². The second-order valence-corrected chi connectivity index (χ2v) is 8.77. The summed E-state index contributed by atoms with van der Waals surface area (Å²) in [5, 5.41) is 0. The van der Waals surface area contributed by atoms with Gasteiger partial charge in [0, 0.05) is 17.7 Å². The molecule has 34 heavy (non-hydrogen) atoms. The van der Waals surface area contributed by atoms with Crippen LogP contribution in [-0.2, 0) is 10.3 Å². The highest BCUT2D eigenvalue weighted by Crippen LogP contribution is 2.68. The van der Waals surface area contributed by atoms with Crippen molar-refractivity contribution in [1.82, 2.24) is 0 Å². The molecule has 5 atom stereocenters. The number of nitrogens with zero attached hydrogens (tertiary/aromatic N) is 1. The van der Waals surface area contributed by atoms with Crippen LogP contribution in [0.3, 0.4) is 0 Å². The maximum absolute atomic E-state index is 7.01. The van der Waals surface area contributed by atoms with Gasteiger partial charge in [-0.3, -0.25) is 0 Å². The molecular weight excluding hydrogens is 432 g/mol. The normalized spacial score (nSPS) is 28.1. The van der Waals surface area contributed by atoms with Crippen molar-refractivity contribution < 1.29 is 23.7 Å². The number of methoxy groups -OCH3 is 3. The molecule has 1 fully saturated rings. The van der Waals surface area contributed by atoms with Crippen LogP contribution in [-0.4, -0.2) is 39.5 Å². The Balaban J connectivity index is 1.64. The Labute approximate surface area is 198 Å². The minimum absolute atomic E-state index is 0.152. The Kier molecular flexibility index (Phi) is 4.62. The lowest BCUT2D eigenvalue weighted by Crippen LogP contribution is -2.40. The lowest BCUT2D eigenvalue weighted by Gasteiger charge is -2.37. The fraction of sp³-hybridized carbons (Fsp3) is 0.296. The number of aliphatic imine (C=N–C) groups is 1. The molecule has 1 saturated carbocycles. The van der Waals surface area contributed by atoms with Gasteiger partial charge in [0.1, 0.15) is 35.1 Å². The molecule has 3 aromatic rings. The molecule has 0 saturated heterocycles. The van der Waals surface area contributed by atoms with E-state index in [1.54, 1.807) is 21.3 Å². The number of fused-ring (bicyclic) bond motifs is 5. The van der Waals surface area contributed by atoms with Crippen LogP contribution in [0.4, 0.5) is 0 Å². The van der Waals surface area contributed by atoms with Crippen LogP contribution in [0.2, 0.25) is 0 Å². The topological polar surface area (TPSA) is 84.5 Å². The van der Waals surface area contributed by atoms with Gasteiger partial charge in [0.05, 0.1) is 33.2 Å². The van der Waals surface area contributed by atoms with Gasteiger partial charge < -0.3 is 29.4 Å². The minimum atomic E-state index is -0.796. The molecule has 2 N–H and O–H groups in total. The second kappa shape index (κ2) is 7.58. The zero-order valence-electron chi connectivity index (χ0n) is 19.2. The van der Waals surface area contributed by atoms with Crippen molar-refractivity contribution in [3.8, 4) is 23.0 Å². The molecule has 0 unspecified atom stereocenters. The van der Waals surface area contributed by atoms with E-state index in [1.807, 2.05) is 42.5 Å². The number of rotatable bonds is 5. The van der Waals surface area contributed by atoms with Crippen LogP contribution in [0.5, 0.6) is 23.0 Å². The van der Waals surface area contributed by atoms with Gasteiger partial charge in [0.25, 0.3) is 6.02 Å². The Bertz CT molecular complexity index is 1260. The first-order valence-electron chi connectivity index (χ1n) is 11.2. The standard InChI is InChI=1S/C27H26N2O5/c1-30-17-11-9-16(10-12-17)27-22(15-7-5-4-6-8-15)24-25(33-26(28)29-24)23(27)21-19(32-3)13-18(31-2)14-20(21)34-27/h4-14,22-25H,1-3H3,(H2,28,29)/t22-,23+,24-,25-,27-/m1/s1. The quantitative estimate of drug-likeness (QED) is 0.623. The van der Waals surface area contributed by atoms with Gasteiger partial charge in [-0.15, -0.1) is 0 Å². The highest BCUT2D eigenvalue weighted by Gasteiger charge is 2.70. The highest BCUT2D eigenvalue weighted by atomic mass is 16.5. The molecule has 0 spiro atoms. The van der Waals surface area contributed by atoms with Gasteiger partial charge in [-0.1, -0.05) is 42.5 Å². The average molecular weight is 459 g/mol. The molecule has 1 aliphatic carbocycles. The lowest BCUT2D eigenvalue weighted by molar-refractivity contribution is 0.0474. The van der Waals surface area contributed by atoms with E-state index < -0.39 is 5.60 Å². The van der Waals surface area contributed by atoms with Gasteiger partial charge in [-0.2, -0.15) is 0 Å². The van der Waals surface area contributed by atoms with Crippen LogP contribution >= 0.6 is 0 Å². The first-order valence-corrected chi connectivity index (χ1v) is 11.2. The summed E-state index contributed by atoms with van der Waals surface area (Å²) in [5.41, 5.74) is 8.39. The summed E-state index contributed by atoms with van der Waals surface area (Å²) in [4.78, 5) is 4.76. The molecule has 0 bridgehead atoms. The third-order valence-electron chi connectivity index (χ3n) is 7.29. The summed E-state index contributed by atoms with van der Waals surface area (Å²) in [7, 11) is 4.95. The van der Waals surface area contributed by atoms with Crippen molar-refractivity contribution in [2.24, 2.45) is 10.7 Å². The summed E-state index contributed by atoms with van der Waals surface area (Å²) >= 11 is 0. The summed E-state index contributed by atoms with van der Waals surface area (Å²) < 4.78 is 30.0. The van der Waals surface area contributed by atoms with Crippen LogP contribution in [0.1, 0.15) is 28.5 Å². The summed E-state index contributed by atoms with van der Waals surface area (Å²) in [6.45, 7) is 0. The van der Waals surface area contributed by atoms with E-state index in [9.17, 15) is 0 Å². The van der Waals surface area contributed by atoms with E-state index in [1.165, 1.54) is 0 Å². The number of hydrogen-bond acceptors (Lipinski definition) is 7. The predicted molar refractivity (Wildman–Crippen MR) is 127 cm³/mol. The molecule has 3 aliphatic rings. The van der Waals surface area contributed by atoms with Gasteiger partial charge in [0.2, 0.25) is 0 Å². The first-order chi connectivity index (χ1) is 16.6. The molecule has 2 aliphatic heterocycles. The van der Waals surface area contributed by atoms with Crippen molar-refractivity contribution in [2.75, 3.05) is 21.3 Å². The molecule has 0 radical (unpaired) electrons. The van der Waals surface area contributed by atoms with Crippen molar-refractivity contribution in [1.29, 1.82) is 0 Å². The Morgan fingerprint density at radius 1 is 0.853 bits per heavy atom. The van der Waals surface area contributed by atoms with Crippen molar-refractivity contribution >= 4 is 6.02 Å². The largest absolute Gasteiger partial charge is 0.497 e. The van der Waals surface area contributed by atoms with Crippen molar-refractivity contribution in [2.45, 2.75) is 29.6 Å². The molecule has 7 nitrogen and oxygen atoms in total. The Morgan fingerprint density at radius 3 is 2.26 bits per heavy atom. The predicted octanol–water partition coefficient (Wildman–Crippen LogP) is 3.96. The summed E-state index contributed by atoms with van der Waals surface area (Å²) in [6.07, 6.45) is -0.309.